The molecule has 0 aliphatic rings. The first kappa shape index (κ1) is 25.8. The molecular weight excluding hydrogens is 517 g/mol. The van der Waals surface area contributed by atoms with Crippen molar-refractivity contribution >= 4 is 58.2 Å². The number of non-ortho nitro benzene ring substituents is 1. The number of carbonyl (C=O) groups excluding carboxylic acids is 1. The number of hydrogen-bond donors (Lipinski definition) is 1. The van der Waals surface area contributed by atoms with Gasteiger partial charge in [-0.1, -0.05) is 46.9 Å². The number of amides is 1. The molecule has 0 atom stereocenters. The second-order valence-corrected chi connectivity index (χ2v) is 8.22. The molecule has 0 aliphatic heterocycles. The van der Waals surface area contributed by atoms with E-state index in [2.05, 4.69) is 5.32 Å². The average molecular weight is 533 g/mol. The number of hydrogen-bond acceptors (Lipinski definition) is 6. The molecule has 0 spiro atoms. The molecule has 0 heterocycles. The van der Waals surface area contributed by atoms with Crippen molar-refractivity contribution in [2.75, 3.05) is 12.4 Å². The van der Waals surface area contributed by atoms with E-state index in [9.17, 15) is 20.2 Å². The number of nitrogens with one attached hydrogen (secondary N) is 1. The quantitative estimate of drug-likeness (QED) is 0.150. The molecule has 178 valence electrons. The van der Waals surface area contributed by atoms with Crippen LogP contribution in [0.1, 0.15) is 11.1 Å². The summed E-state index contributed by atoms with van der Waals surface area (Å²) in [6.07, 6.45) is 1.31. The molecule has 3 aromatic rings. The Labute approximate surface area is 215 Å². The third kappa shape index (κ3) is 6.64. The number of nitro benzene ring substituents is 1. The highest BCUT2D eigenvalue weighted by Gasteiger charge is 2.16. The first-order valence-corrected chi connectivity index (χ1v) is 11.0. The Balaban J connectivity index is 1.82. The van der Waals surface area contributed by atoms with Gasteiger partial charge in [0.2, 0.25) is 0 Å². The maximum absolute atomic E-state index is 12.6. The maximum atomic E-state index is 12.6. The summed E-state index contributed by atoms with van der Waals surface area (Å²) in [6, 6.07) is 15.3. The second-order valence-electron chi connectivity index (χ2n) is 7.00. The Kier molecular flexibility index (Phi) is 8.55. The molecule has 0 saturated carbocycles. The number of anilines is 1. The van der Waals surface area contributed by atoms with Crippen LogP contribution in [0.4, 0.5) is 11.4 Å². The summed E-state index contributed by atoms with van der Waals surface area (Å²) < 4.78 is 11.2. The zero-order chi connectivity index (χ0) is 25.5. The zero-order valence-electron chi connectivity index (χ0n) is 18.1. The maximum Gasteiger partial charge on any atom is 0.271 e. The van der Waals surface area contributed by atoms with E-state index in [1.807, 2.05) is 6.07 Å². The molecule has 0 bridgehead atoms. The number of nitro groups is 1. The van der Waals surface area contributed by atoms with Crippen LogP contribution in [0.3, 0.4) is 0 Å². The molecule has 0 unspecified atom stereocenters. The summed E-state index contributed by atoms with van der Waals surface area (Å²) in [6.45, 7) is 0.136. The molecule has 35 heavy (non-hydrogen) atoms. The molecule has 0 radical (unpaired) electrons. The summed E-state index contributed by atoms with van der Waals surface area (Å²) in [5.41, 5.74) is 0.884. The smallest absolute Gasteiger partial charge is 0.271 e. The molecule has 1 amide bonds. The van der Waals surface area contributed by atoms with E-state index in [1.54, 1.807) is 24.3 Å². The Morgan fingerprint density at radius 1 is 1.11 bits per heavy atom. The summed E-state index contributed by atoms with van der Waals surface area (Å²) >= 11 is 18.4. The Morgan fingerprint density at radius 3 is 2.54 bits per heavy atom. The number of methoxy groups -OCH3 is 1. The van der Waals surface area contributed by atoms with Gasteiger partial charge in [-0.25, -0.2) is 0 Å². The number of halogens is 3. The molecule has 3 rings (SSSR count). The van der Waals surface area contributed by atoms with Gasteiger partial charge >= 0.3 is 0 Å². The molecule has 3 aromatic carbocycles. The topological polar surface area (TPSA) is 114 Å². The van der Waals surface area contributed by atoms with Crippen LogP contribution < -0.4 is 14.8 Å². The number of benzene rings is 3. The van der Waals surface area contributed by atoms with Gasteiger partial charge in [0.15, 0.2) is 11.5 Å². The fourth-order valence-electron chi connectivity index (χ4n) is 2.96. The standard InChI is InChI=1S/C24H16Cl3N3O5/c1-34-22-10-15(9-21(27)23(22)35-13-14-5-6-19(25)20(26)8-14)7-16(12-28)24(31)29-17-3-2-4-18(11-17)30(32)33/h2-11H,13H2,1H3,(H,29,31)/b16-7+. The van der Waals surface area contributed by atoms with E-state index in [1.165, 1.54) is 43.5 Å². The van der Waals surface area contributed by atoms with Gasteiger partial charge < -0.3 is 14.8 Å². The molecule has 8 nitrogen and oxygen atoms in total. The second kappa shape index (κ2) is 11.6. The molecule has 0 saturated heterocycles. The van der Waals surface area contributed by atoms with Crippen LogP contribution in [0.15, 0.2) is 60.2 Å². The summed E-state index contributed by atoms with van der Waals surface area (Å²) in [5, 5.41) is 23.9. The van der Waals surface area contributed by atoms with Crippen molar-refractivity contribution in [2.24, 2.45) is 0 Å². The lowest BCUT2D eigenvalue weighted by Crippen LogP contribution is -2.13. The lowest BCUT2D eigenvalue weighted by Gasteiger charge is -2.14. The summed E-state index contributed by atoms with van der Waals surface area (Å²) in [7, 11) is 1.42. The molecule has 11 heteroatoms. The van der Waals surface area contributed by atoms with Gasteiger partial charge in [0.25, 0.3) is 11.6 Å². The fraction of sp³-hybridized carbons (Fsp3) is 0.0833. The fourth-order valence-corrected chi connectivity index (χ4v) is 3.55. The SMILES string of the molecule is COc1cc(/C=C(\C#N)C(=O)Nc2cccc([N+](=O)[O-])c2)cc(Cl)c1OCc1ccc(Cl)c(Cl)c1. The lowest BCUT2D eigenvalue weighted by atomic mass is 10.1. The first-order chi connectivity index (χ1) is 16.7. The van der Waals surface area contributed by atoms with E-state index in [-0.39, 0.29) is 40.1 Å². The van der Waals surface area contributed by atoms with E-state index >= 15 is 0 Å². The van der Waals surface area contributed by atoms with Crippen LogP contribution in [0.5, 0.6) is 11.5 Å². The molecule has 1 N–H and O–H groups in total. The van der Waals surface area contributed by atoms with Crippen molar-refractivity contribution in [2.45, 2.75) is 6.61 Å². The van der Waals surface area contributed by atoms with Crippen LogP contribution >= 0.6 is 34.8 Å². The Hall–Kier alpha value is -3.77. The summed E-state index contributed by atoms with van der Waals surface area (Å²) in [5.74, 6) is -0.208. The normalized spacial score (nSPS) is 10.9. The van der Waals surface area contributed by atoms with Crippen molar-refractivity contribution in [1.82, 2.24) is 0 Å². The van der Waals surface area contributed by atoms with Crippen LogP contribution in [-0.4, -0.2) is 17.9 Å². The monoisotopic (exact) mass is 531 g/mol. The van der Waals surface area contributed by atoms with Gasteiger partial charge in [0.1, 0.15) is 18.2 Å². The van der Waals surface area contributed by atoms with Crippen molar-refractivity contribution in [3.8, 4) is 17.6 Å². The van der Waals surface area contributed by atoms with Crippen molar-refractivity contribution in [3.63, 3.8) is 0 Å². The predicted octanol–water partition coefficient (Wildman–Crippen LogP) is 6.69. The number of nitrogens with zero attached hydrogens (tertiary/aromatic N) is 2. The van der Waals surface area contributed by atoms with Crippen molar-refractivity contribution in [1.29, 1.82) is 5.26 Å². The average Bonchev–Trinajstić information content (AvgIpc) is 2.83. The minimum atomic E-state index is -0.747. The van der Waals surface area contributed by atoms with Crippen molar-refractivity contribution < 1.29 is 19.2 Å². The first-order valence-electron chi connectivity index (χ1n) is 9.83. The minimum Gasteiger partial charge on any atom is -0.493 e. The van der Waals surface area contributed by atoms with Crippen molar-refractivity contribution in [3.05, 3.63) is 96.5 Å². The van der Waals surface area contributed by atoms with Gasteiger partial charge in [-0.15, -0.1) is 0 Å². The van der Waals surface area contributed by atoms with Gasteiger partial charge in [0, 0.05) is 17.8 Å². The van der Waals surface area contributed by atoms with E-state index in [0.717, 1.165) is 5.56 Å². The largest absolute Gasteiger partial charge is 0.493 e. The minimum absolute atomic E-state index is 0.136. The van der Waals surface area contributed by atoms with Gasteiger partial charge in [-0.2, -0.15) is 5.26 Å². The van der Waals surface area contributed by atoms with E-state index < -0.39 is 10.8 Å². The third-order valence-corrected chi connectivity index (χ3v) is 5.63. The van der Waals surface area contributed by atoms with Crippen LogP contribution in [0.2, 0.25) is 15.1 Å². The molecule has 0 fully saturated rings. The zero-order valence-corrected chi connectivity index (χ0v) is 20.3. The van der Waals surface area contributed by atoms with Crippen LogP contribution in [0, 0.1) is 21.4 Å². The van der Waals surface area contributed by atoms with Crippen LogP contribution in [-0.2, 0) is 11.4 Å². The van der Waals surface area contributed by atoms with Gasteiger partial charge in [0.05, 0.1) is 27.1 Å². The van der Waals surface area contributed by atoms with Gasteiger partial charge in [-0.05, 0) is 47.5 Å². The molecule has 0 aliphatic carbocycles. The lowest BCUT2D eigenvalue weighted by molar-refractivity contribution is -0.384. The number of rotatable bonds is 8. The highest BCUT2D eigenvalue weighted by molar-refractivity contribution is 6.42. The highest BCUT2D eigenvalue weighted by atomic mass is 35.5. The van der Waals surface area contributed by atoms with E-state index in [4.69, 9.17) is 44.3 Å². The number of ether oxygens (including phenoxy) is 2. The van der Waals surface area contributed by atoms with E-state index in [0.29, 0.717) is 15.6 Å². The third-order valence-electron chi connectivity index (χ3n) is 4.61. The summed E-state index contributed by atoms with van der Waals surface area (Å²) in [4.78, 5) is 22.9. The number of nitriles is 1. The Morgan fingerprint density at radius 2 is 1.89 bits per heavy atom. The Bertz CT molecular complexity index is 1370. The molecular formula is C24H16Cl3N3O5. The predicted molar refractivity (Wildman–Crippen MR) is 134 cm³/mol. The highest BCUT2D eigenvalue weighted by Crippen LogP contribution is 2.38. The molecule has 0 aromatic heterocycles. The van der Waals surface area contributed by atoms with Gasteiger partial charge in [-0.3, -0.25) is 14.9 Å². The van der Waals surface area contributed by atoms with Crippen LogP contribution in [0.25, 0.3) is 6.08 Å². The number of carbonyl (C=O) groups is 1.